The zero-order valence-corrected chi connectivity index (χ0v) is 10.7. The van der Waals surface area contributed by atoms with Crippen molar-refractivity contribution in [3.05, 3.63) is 29.8 Å². The number of hydrogen-bond acceptors (Lipinski definition) is 2. The molecule has 1 fully saturated rings. The first kappa shape index (κ1) is 12.0. The van der Waals surface area contributed by atoms with Gasteiger partial charge in [-0.25, -0.2) is 0 Å². The number of amides is 1. The van der Waals surface area contributed by atoms with Crippen molar-refractivity contribution < 1.29 is 4.79 Å². The fourth-order valence-electron chi connectivity index (χ4n) is 1.82. The van der Waals surface area contributed by atoms with Crippen LogP contribution < -0.4 is 11.1 Å². The first-order chi connectivity index (χ1) is 7.83. The van der Waals surface area contributed by atoms with Crippen LogP contribution in [0.2, 0.25) is 0 Å². The van der Waals surface area contributed by atoms with Crippen LogP contribution in [0.3, 0.4) is 0 Å². The maximum absolute atomic E-state index is 12.0. The van der Waals surface area contributed by atoms with E-state index < -0.39 is 0 Å². The summed E-state index contributed by atoms with van der Waals surface area (Å²) in [4.78, 5) is 12.0. The van der Waals surface area contributed by atoms with Crippen molar-refractivity contribution in [2.75, 3.05) is 5.73 Å². The maximum Gasteiger partial charge on any atom is 0.226 e. The van der Waals surface area contributed by atoms with Gasteiger partial charge < -0.3 is 11.1 Å². The van der Waals surface area contributed by atoms with E-state index in [-0.39, 0.29) is 16.9 Å². The molecule has 0 heterocycles. The van der Waals surface area contributed by atoms with Crippen LogP contribution >= 0.6 is 0 Å². The molecule has 1 aliphatic carbocycles. The van der Waals surface area contributed by atoms with Crippen LogP contribution in [0.15, 0.2) is 24.3 Å². The van der Waals surface area contributed by atoms with E-state index in [4.69, 9.17) is 5.73 Å². The molecule has 1 amide bonds. The van der Waals surface area contributed by atoms with Gasteiger partial charge in [-0.15, -0.1) is 0 Å². The average molecular weight is 232 g/mol. The molecule has 1 aliphatic rings. The third kappa shape index (κ3) is 2.43. The van der Waals surface area contributed by atoms with Gasteiger partial charge in [0, 0.05) is 11.1 Å². The lowest BCUT2D eigenvalue weighted by Gasteiger charge is -2.28. The van der Waals surface area contributed by atoms with E-state index in [9.17, 15) is 4.79 Å². The van der Waals surface area contributed by atoms with Gasteiger partial charge in [0.2, 0.25) is 5.91 Å². The summed E-state index contributed by atoms with van der Waals surface area (Å²) in [5.74, 6) is 0.152. The number of rotatable bonds is 3. The second-order valence-corrected chi connectivity index (χ2v) is 5.76. The van der Waals surface area contributed by atoms with Gasteiger partial charge in [-0.2, -0.15) is 0 Å². The third-order valence-electron chi connectivity index (χ3n) is 3.61. The Morgan fingerprint density at radius 3 is 2.29 bits per heavy atom. The molecule has 0 spiro atoms. The van der Waals surface area contributed by atoms with Crippen molar-refractivity contribution in [1.29, 1.82) is 0 Å². The van der Waals surface area contributed by atoms with Gasteiger partial charge in [0.05, 0.1) is 5.54 Å². The van der Waals surface area contributed by atoms with Crippen LogP contribution in [0, 0.1) is 5.41 Å². The number of nitrogens with one attached hydrogen (secondary N) is 1. The van der Waals surface area contributed by atoms with E-state index >= 15 is 0 Å². The lowest BCUT2D eigenvalue weighted by Crippen LogP contribution is -2.44. The van der Waals surface area contributed by atoms with Crippen LogP contribution in [0.5, 0.6) is 0 Å². The Morgan fingerprint density at radius 1 is 1.29 bits per heavy atom. The first-order valence-corrected chi connectivity index (χ1v) is 6.02. The highest BCUT2D eigenvalue weighted by Gasteiger charge is 2.46. The standard InChI is InChI=1S/C14H20N2O/c1-13(2,10-4-6-11(15)7-5-10)16-12(17)14(3)8-9-14/h4-7H,8-9,15H2,1-3H3,(H,16,17). The predicted molar refractivity (Wildman–Crippen MR) is 69.4 cm³/mol. The minimum absolute atomic E-state index is 0.134. The van der Waals surface area contributed by atoms with Crippen molar-refractivity contribution in [1.82, 2.24) is 5.32 Å². The second kappa shape index (κ2) is 3.76. The molecule has 0 radical (unpaired) electrons. The first-order valence-electron chi connectivity index (χ1n) is 6.02. The topological polar surface area (TPSA) is 55.1 Å². The summed E-state index contributed by atoms with van der Waals surface area (Å²) < 4.78 is 0. The van der Waals surface area contributed by atoms with Crippen LogP contribution in [0.4, 0.5) is 5.69 Å². The Morgan fingerprint density at radius 2 is 1.82 bits per heavy atom. The number of nitrogen functional groups attached to an aromatic ring is 1. The summed E-state index contributed by atoms with van der Waals surface area (Å²) in [6.07, 6.45) is 1.99. The number of hydrogen-bond donors (Lipinski definition) is 2. The van der Waals surface area contributed by atoms with E-state index in [0.717, 1.165) is 24.1 Å². The Balaban J connectivity index is 2.13. The molecule has 1 aromatic rings. The minimum Gasteiger partial charge on any atom is -0.399 e. The molecule has 0 atom stereocenters. The molecule has 0 unspecified atom stereocenters. The molecule has 3 N–H and O–H groups in total. The predicted octanol–water partition coefficient (Wildman–Crippen LogP) is 2.42. The molecule has 1 saturated carbocycles. The number of nitrogens with two attached hydrogens (primary N) is 1. The highest BCUT2D eigenvalue weighted by Crippen LogP contribution is 2.45. The Kier molecular flexibility index (Phi) is 2.64. The molecule has 3 nitrogen and oxygen atoms in total. The lowest BCUT2D eigenvalue weighted by molar-refractivity contribution is -0.127. The largest absolute Gasteiger partial charge is 0.399 e. The van der Waals surface area contributed by atoms with E-state index in [1.807, 2.05) is 45.0 Å². The summed E-state index contributed by atoms with van der Waals surface area (Å²) in [6.45, 7) is 6.05. The second-order valence-electron chi connectivity index (χ2n) is 5.76. The SMILES string of the molecule is CC1(C(=O)NC(C)(C)c2ccc(N)cc2)CC1. The van der Waals surface area contributed by atoms with E-state index in [1.165, 1.54) is 0 Å². The summed E-state index contributed by atoms with van der Waals surface area (Å²) in [5, 5.41) is 3.11. The zero-order chi connectivity index (χ0) is 12.7. The van der Waals surface area contributed by atoms with Crippen LogP contribution in [-0.2, 0) is 10.3 Å². The highest BCUT2D eigenvalue weighted by molar-refractivity contribution is 5.85. The molecule has 0 aliphatic heterocycles. The highest BCUT2D eigenvalue weighted by atomic mass is 16.2. The molecule has 1 aromatic carbocycles. The van der Waals surface area contributed by atoms with Gasteiger partial charge in [-0.3, -0.25) is 4.79 Å². The summed E-state index contributed by atoms with van der Waals surface area (Å²) in [5.41, 5.74) is 6.99. The van der Waals surface area contributed by atoms with Gasteiger partial charge in [0.25, 0.3) is 0 Å². The monoisotopic (exact) mass is 232 g/mol. The van der Waals surface area contributed by atoms with Crippen molar-refractivity contribution in [2.45, 2.75) is 39.2 Å². The van der Waals surface area contributed by atoms with Gasteiger partial charge >= 0.3 is 0 Å². The van der Waals surface area contributed by atoms with Gasteiger partial charge in [-0.05, 0) is 44.4 Å². The van der Waals surface area contributed by atoms with E-state index in [1.54, 1.807) is 0 Å². The van der Waals surface area contributed by atoms with E-state index in [0.29, 0.717) is 0 Å². The van der Waals surface area contributed by atoms with Crippen LogP contribution in [-0.4, -0.2) is 5.91 Å². The maximum atomic E-state index is 12.0. The fraction of sp³-hybridized carbons (Fsp3) is 0.500. The molecular weight excluding hydrogens is 212 g/mol. The molecule has 3 heteroatoms. The van der Waals surface area contributed by atoms with Crippen LogP contribution in [0.25, 0.3) is 0 Å². The Bertz CT molecular complexity index is 430. The molecule has 92 valence electrons. The van der Waals surface area contributed by atoms with E-state index in [2.05, 4.69) is 5.32 Å². The van der Waals surface area contributed by atoms with Gasteiger partial charge in [-0.1, -0.05) is 19.1 Å². The Labute approximate surface area is 102 Å². The number of carbonyl (C=O) groups is 1. The number of anilines is 1. The smallest absolute Gasteiger partial charge is 0.226 e. The lowest BCUT2D eigenvalue weighted by atomic mass is 9.93. The van der Waals surface area contributed by atoms with Gasteiger partial charge in [0.15, 0.2) is 0 Å². The van der Waals surface area contributed by atoms with Crippen LogP contribution in [0.1, 0.15) is 39.2 Å². The number of benzene rings is 1. The molecule has 2 rings (SSSR count). The summed E-state index contributed by atoms with van der Waals surface area (Å²) in [7, 11) is 0. The average Bonchev–Trinajstić information content (AvgIpc) is 2.98. The third-order valence-corrected chi connectivity index (χ3v) is 3.61. The number of carbonyl (C=O) groups excluding carboxylic acids is 1. The quantitative estimate of drug-likeness (QED) is 0.786. The van der Waals surface area contributed by atoms with Gasteiger partial charge in [0.1, 0.15) is 0 Å². The zero-order valence-electron chi connectivity index (χ0n) is 10.7. The minimum atomic E-state index is -0.351. The van der Waals surface area contributed by atoms with Crippen molar-refractivity contribution >= 4 is 11.6 Å². The van der Waals surface area contributed by atoms with Crippen molar-refractivity contribution in [3.8, 4) is 0 Å². The molecule has 0 bridgehead atoms. The summed E-state index contributed by atoms with van der Waals surface area (Å²) in [6, 6.07) is 7.65. The van der Waals surface area contributed by atoms with Crippen molar-refractivity contribution in [3.63, 3.8) is 0 Å². The van der Waals surface area contributed by atoms with Crippen molar-refractivity contribution in [2.24, 2.45) is 5.41 Å². The Hall–Kier alpha value is -1.51. The fourth-order valence-corrected chi connectivity index (χ4v) is 1.82. The molecular formula is C14H20N2O. The molecule has 0 saturated heterocycles. The molecule has 0 aromatic heterocycles. The molecule has 17 heavy (non-hydrogen) atoms. The normalized spacial score (nSPS) is 17.6. The summed E-state index contributed by atoms with van der Waals surface area (Å²) >= 11 is 0.